The molecule has 1 rings (SSSR count). The molecule has 0 aromatic heterocycles. The number of hydrogen-bond acceptors (Lipinski definition) is 3. The number of alkyl carbamates (subject to hydrolysis) is 1. The Hall–Kier alpha value is -0.780. The molecule has 1 amide bonds. The summed E-state index contributed by atoms with van der Waals surface area (Å²) in [4.78, 5) is 11.8. The Bertz CT molecular complexity index is 503. The van der Waals surface area contributed by atoms with Crippen LogP contribution in [-0.4, -0.2) is 24.3 Å². The molecule has 1 atom stereocenters. The van der Waals surface area contributed by atoms with Crippen molar-refractivity contribution in [1.29, 1.82) is 0 Å². The molecule has 0 spiro atoms. The average molecular weight is 392 g/mol. The van der Waals surface area contributed by atoms with Gasteiger partial charge in [0, 0.05) is 28.6 Å². The number of hydrogen-bond donors (Lipinski definition) is 2. The average Bonchev–Trinajstić information content (AvgIpc) is 2.39. The van der Waals surface area contributed by atoms with Crippen molar-refractivity contribution < 1.29 is 9.53 Å². The minimum Gasteiger partial charge on any atom is -0.444 e. The third-order valence-corrected chi connectivity index (χ3v) is 3.94. The highest BCUT2D eigenvalue weighted by molar-refractivity contribution is 9.10. The zero-order chi connectivity index (χ0) is 16.8. The van der Waals surface area contributed by atoms with Gasteiger partial charge in [0.2, 0.25) is 0 Å². The smallest absolute Gasteiger partial charge is 0.407 e. The summed E-state index contributed by atoms with van der Waals surface area (Å²) in [5.41, 5.74) is 0.598. The van der Waals surface area contributed by atoms with Crippen LogP contribution < -0.4 is 10.6 Å². The third-order valence-electron chi connectivity index (χ3n) is 2.93. The number of halogens is 2. The normalized spacial score (nSPS) is 12.8. The van der Waals surface area contributed by atoms with E-state index in [4.69, 9.17) is 16.3 Å². The molecule has 1 aromatic carbocycles. The first-order valence-electron chi connectivity index (χ1n) is 7.35. The molecule has 0 saturated heterocycles. The van der Waals surface area contributed by atoms with E-state index >= 15 is 0 Å². The summed E-state index contributed by atoms with van der Waals surface area (Å²) in [6.07, 6.45) is 0.438. The Morgan fingerprint density at radius 3 is 2.68 bits per heavy atom. The summed E-state index contributed by atoms with van der Waals surface area (Å²) >= 11 is 9.49. The maximum absolute atomic E-state index is 11.8. The number of carbonyl (C=O) groups excluding carboxylic acids is 1. The number of amides is 1. The van der Waals surface area contributed by atoms with E-state index in [1.807, 2.05) is 45.9 Å². The van der Waals surface area contributed by atoms with Crippen LogP contribution in [0.25, 0.3) is 0 Å². The lowest BCUT2D eigenvalue weighted by Crippen LogP contribution is -2.43. The lowest BCUT2D eigenvalue weighted by molar-refractivity contribution is 0.0502. The molecular weight excluding hydrogens is 368 g/mol. The molecule has 1 aromatic rings. The number of nitrogens with one attached hydrogen (secondary N) is 2. The minimum absolute atomic E-state index is 0.0211. The van der Waals surface area contributed by atoms with Crippen molar-refractivity contribution in [3.8, 4) is 0 Å². The van der Waals surface area contributed by atoms with E-state index in [-0.39, 0.29) is 12.1 Å². The van der Waals surface area contributed by atoms with E-state index in [2.05, 4.69) is 26.6 Å². The van der Waals surface area contributed by atoms with E-state index in [0.29, 0.717) is 18.1 Å². The second-order valence-electron chi connectivity index (χ2n) is 6.12. The molecule has 1 unspecified atom stereocenters. The first kappa shape index (κ1) is 19.3. The molecule has 0 aliphatic carbocycles. The summed E-state index contributed by atoms with van der Waals surface area (Å²) in [5, 5.41) is 6.91. The van der Waals surface area contributed by atoms with E-state index in [0.717, 1.165) is 16.5 Å². The third kappa shape index (κ3) is 7.47. The number of rotatable bonds is 6. The molecule has 22 heavy (non-hydrogen) atoms. The highest BCUT2D eigenvalue weighted by Gasteiger charge is 2.18. The summed E-state index contributed by atoms with van der Waals surface area (Å²) in [6, 6.07) is 5.71. The van der Waals surface area contributed by atoms with Crippen LogP contribution in [0.1, 0.15) is 39.7 Å². The fraction of sp³-hybridized carbons (Fsp3) is 0.562. The van der Waals surface area contributed by atoms with Gasteiger partial charge in [-0.25, -0.2) is 4.79 Å². The monoisotopic (exact) mass is 390 g/mol. The summed E-state index contributed by atoms with van der Waals surface area (Å²) < 4.78 is 6.28. The molecule has 4 nitrogen and oxygen atoms in total. The van der Waals surface area contributed by atoms with Gasteiger partial charge in [0.25, 0.3) is 0 Å². The molecule has 6 heteroatoms. The molecule has 0 saturated carbocycles. The van der Waals surface area contributed by atoms with Gasteiger partial charge < -0.3 is 15.4 Å². The Morgan fingerprint density at radius 2 is 2.09 bits per heavy atom. The van der Waals surface area contributed by atoms with E-state index < -0.39 is 5.60 Å². The van der Waals surface area contributed by atoms with E-state index in [1.165, 1.54) is 0 Å². The number of ether oxygens (including phenoxy) is 1. The van der Waals surface area contributed by atoms with Gasteiger partial charge in [-0.2, -0.15) is 0 Å². The van der Waals surface area contributed by atoms with Crippen molar-refractivity contribution in [1.82, 2.24) is 10.6 Å². The number of carbonyl (C=O) groups is 1. The summed E-state index contributed by atoms with van der Waals surface area (Å²) in [7, 11) is 0. The van der Waals surface area contributed by atoms with Gasteiger partial charge >= 0.3 is 6.09 Å². The second-order valence-corrected chi connectivity index (χ2v) is 7.41. The highest BCUT2D eigenvalue weighted by Crippen LogP contribution is 2.20. The van der Waals surface area contributed by atoms with Crippen LogP contribution in [0, 0.1) is 0 Å². The van der Waals surface area contributed by atoms with Crippen molar-refractivity contribution in [3.63, 3.8) is 0 Å². The maximum Gasteiger partial charge on any atom is 0.407 e. The largest absolute Gasteiger partial charge is 0.444 e. The van der Waals surface area contributed by atoms with Crippen molar-refractivity contribution in [2.75, 3.05) is 6.54 Å². The molecule has 0 heterocycles. The van der Waals surface area contributed by atoms with Crippen molar-refractivity contribution in [2.45, 2.75) is 52.3 Å². The van der Waals surface area contributed by atoms with Crippen molar-refractivity contribution >= 4 is 33.6 Å². The standard InChI is InChI=1S/C16H24BrClN2O2/c1-5-13(20-15(21)22-16(2,3)4)10-19-9-11-8-12(18)6-7-14(11)17/h6-8,13,19H,5,9-10H2,1-4H3,(H,20,21). The van der Waals surface area contributed by atoms with Gasteiger partial charge in [-0.15, -0.1) is 0 Å². The van der Waals surface area contributed by atoms with Crippen LogP contribution in [0.3, 0.4) is 0 Å². The Balaban J connectivity index is 2.44. The lowest BCUT2D eigenvalue weighted by Gasteiger charge is -2.23. The predicted octanol–water partition coefficient (Wildman–Crippen LogP) is 4.50. The quantitative estimate of drug-likeness (QED) is 0.751. The molecule has 0 bridgehead atoms. The van der Waals surface area contributed by atoms with Gasteiger partial charge in [-0.1, -0.05) is 34.5 Å². The second kappa shape index (κ2) is 8.75. The van der Waals surface area contributed by atoms with Gasteiger partial charge in [-0.3, -0.25) is 0 Å². The number of benzene rings is 1. The fourth-order valence-electron chi connectivity index (χ4n) is 1.83. The molecule has 0 radical (unpaired) electrons. The maximum atomic E-state index is 11.8. The van der Waals surface area contributed by atoms with Gasteiger partial charge in [0.1, 0.15) is 5.60 Å². The SMILES string of the molecule is CCC(CNCc1cc(Cl)ccc1Br)NC(=O)OC(C)(C)C. The summed E-state index contributed by atoms with van der Waals surface area (Å²) in [6.45, 7) is 8.91. The molecule has 0 fully saturated rings. The summed E-state index contributed by atoms with van der Waals surface area (Å²) in [5.74, 6) is 0. The fourth-order valence-corrected chi connectivity index (χ4v) is 2.41. The molecule has 124 valence electrons. The Morgan fingerprint density at radius 1 is 1.41 bits per heavy atom. The highest BCUT2D eigenvalue weighted by atomic mass is 79.9. The van der Waals surface area contributed by atoms with Crippen LogP contribution in [-0.2, 0) is 11.3 Å². The molecule has 0 aliphatic heterocycles. The van der Waals surface area contributed by atoms with Gasteiger partial charge in [-0.05, 0) is 51.0 Å². The van der Waals surface area contributed by atoms with Crippen LogP contribution in [0.4, 0.5) is 4.79 Å². The molecule has 2 N–H and O–H groups in total. The van der Waals surface area contributed by atoms with E-state index in [9.17, 15) is 4.79 Å². The van der Waals surface area contributed by atoms with Crippen LogP contribution in [0.5, 0.6) is 0 Å². The van der Waals surface area contributed by atoms with Crippen LogP contribution in [0.15, 0.2) is 22.7 Å². The predicted molar refractivity (Wildman–Crippen MR) is 94.3 cm³/mol. The van der Waals surface area contributed by atoms with Gasteiger partial charge in [0.15, 0.2) is 0 Å². The molecule has 0 aliphatic rings. The Labute approximate surface area is 146 Å². The van der Waals surface area contributed by atoms with Crippen molar-refractivity contribution in [2.24, 2.45) is 0 Å². The first-order valence-corrected chi connectivity index (χ1v) is 8.52. The lowest BCUT2D eigenvalue weighted by atomic mass is 10.2. The van der Waals surface area contributed by atoms with E-state index in [1.54, 1.807) is 0 Å². The Kier molecular flexibility index (Phi) is 7.66. The minimum atomic E-state index is -0.485. The topological polar surface area (TPSA) is 50.4 Å². The van der Waals surface area contributed by atoms with Crippen LogP contribution in [0.2, 0.25) is 5.02 Å². The van der Waals surface area contributed by atoms with Crippen LogP contribution >= 0.6 is 27.5 Å². The van der Waals surface area contributed by atoms with Crippen molar-refractivity contribution in [3.05, 3.63) is 33.3 Å². The zero-order valence-electron chi connectivity index (χ0n) is 13.5. The molecular formula is C16H24BrClN2O2. The first-order chi connectivity index (χ1) is 10.2. The van der Waals surface area contributed by atoms with Gasteiger partial charge in [0.05, 0.1) is 0 Å². The zero-order valence-corrected chi connectivity index (χ0v) is 15.8.